The summed E-state index contributed by atoms with van der Waals surface area (Å²) in [4.78, 5) is 10.7. The molecule has 94 valence electrons. The molecule has 1 aromatic heterocycles. The average Bonchev–Trinajstić information content (AvgIpc) is 2.29. The number of anilines is 2. The van der Waals surface area contributed by atoms with E-state index < -0.39 is 0 Å². The third kappa shape index (κ3) is 3.06. The molecule has 0 aliphatic carbocycles. The number of methoxy groups -OCH3 is 1. The highest BCUT2D eigenvalue weighted by Gasteiger charge is 2.20. The average molecular weight is 236 g/mol. The van der Waals surface area contributed by atoms with Gasteiger partial charge < -0.3 is 15.4 Å². The van der Waals surface area contributed by atoms with Crippen LogP contribution in [0.15, 0.2) is 6.07 Å². The number of piperidine rings is 1. The van der Waals surface area contributed by atoms with Crippen molar-refractivity contribution in [3.63, 3.8) is 0 Å². The number of nitrogens with zero attached hydrogens (tertiary/aromatic N) is 3. The molecule has 1 saturated heterocycles. The smallest absolute Gasteiger partial charge is 0.222 e. The maximum Gasteiger partial charge on any atom is 0.222 e. The van der Waals surface area contributed by atoms with Gasteiger partial charge in [-0.2, -0.15) is 4.98 Å². The van der Waals surface area contributed by atoms with Gasteiger partial charge in [0.2, 0.25) is 5.95 Å². The van der Waals surface area contributed by atoms with Gasteiger partial charge in [0.1, 0.15) is 5.82 Å². The monoisotopic (exact) mass is 236 g/mol. The van der Waals surface area contributed by atoms with E-state index >= 15 is 0 Å². The molecule has 1 aliphatic rings. The second-order valence-electron chi connectivity index (χ2n) is 4.61. The molecule has 0 amide bonds. The summed E-state index contributed by atoms with van der Waals surface area (Å²) >= 11 is 0. The summed E-state index contributed by atoms with van der Waals surface area (Å²) in [5.41, 5.74) is 6.59. The molecule has 17 heavy (non-hydrogen) atoms. The van der Waals surface area contributed by atoms with Crippen LogP contribution in [0.5, 0.6) is 0 Å². The summed E-state index contributed by atoms with van der Waals surface area (Å²) in [6.45, 7) is 4.84. The van der Waals surface area contributed by atoms with Crippen LogP contribution in [0.2, 0.25) is 0 Å². The highest BCUT2D eigenvalue weighted by molar-refractivity contribution is 5.43. The molecule has 0 atom stereocenters. The van der Waals surface area contributed by atoms with E-state index in [0.717, 1.165) is 44.0 Å². The highest BCUT2D eigenvalue weighted by atomic mass is 16.5. The number of hydrogen-bond donors (Lipinski definition) is 1. The second kappa shape index (κ2) is 5.31. The molecule has 5 nitrogen and oxygen atoms in total. The summed E-state index contributed by atoms with van der Waals surface area (Å²) in [6.07, 6.45) is 2.30. The Morgan fingerprint density at radius 1 is 1.41 bits per heavy atom. The van der Waals surface area contributed by atoms with Gasteiger partial charge in [-0.1, -0.05) is 0 Å². The lowest BCUT2D eigenvalue weighted by Gasteiger charge is -2.32. The quantitative estimate of drug-likeness (QED) is 0.855. The number of nitrogens with two attached hydrogens (primary N) is 1. The molecule has 0 radical (unpaired) electrons. The maximum absolute atomic E-state index is 5.67. The van der Waals surface area contributed by atoms with Crippen molar-refractivity contribution in [1.29, 1.82) is 0 Å². The first-order chi connectivity index (χ1) is 8.19. The number of hydrogen-bond acceptors (Lipinski definition) is 5. The lowest BCUT2D eigenvalue weighted by atomic mass is 9.98. The molecular weight excluding hydrogens is 216 g/mol. The van der Waals surface area contributed by atoms with Crippen LogP contribution in [0.1, 0.15) is 18.5 Å². The molecule has 0 bridgehead atoms. The predicted octanol–water partition coefficient (Wildman–Crippen LogP) is 1.23. The maximum atomic E-state index is 5.67. The Kier molecular flexibility index (Phi) is 3.78. The normalized spacial score (nSPS) is 17.4. The molecule has 0 unspecified atom stereocenters. The van der Waals surface area contributed by atoms with Crippen LogP contribution in [0, 0.1) is 12.8 Å². The van der Waals surface area contributed by atoms with Crippen molar-refractivity contribution >= 4 is 11.8 Å². The Morgan fingerprint density at radius 2 is 2.12 bits per heavy atom. The number of nitrogen functional groups attached to an aromatic ring is 1. The van der Waals surface area contributed by atoms with Gasteiger partial charge in [-0.3, -0.25) is 0 Å². The first-order valence-corrected chi connectivity index (χ1v) is 6.04. The second-order valence-corrected chi connectivity index (χ2v) is 4.61. The van der Waals surface area contributed by atoms with Crippen LogP contribution >= 0.6 is 0 Å². The molecule has 1 aromatic rings. The van der Waals surface area contributed by atoms with Crippen LogP contribution in [0.3, 0.4) is 0 Å². The van der Waals surface area contributed by atoms with E-state index in [-0.39, 0.29) is 0 Å². The van der Waals surface area contributed by atoms with Crippen molar-refractivity contribution in [3.8, 4) is 0 Å². The molecule has 2 heterocycles. The van der Waals surface area contributed by atoms with Gasteiger partial charge in [-0.25, -0.2) is 4.98 Å². The molecule has 5 heteroatoms. The van der Waals surface area contributed by atoms with Crippen molar-refractivity contribution in [2.45, 2.75) is 19.8 Å². The number of ether oxygens (including phenoxy) is 1. The molecule has 0 spiro atoms. The van der Waals surface area contributed by atoms with E-state index in [9.17, 15) is 0 Å². The van der Waals surface area contributed by atoms with Crippen molar-refractivity contribution in [1.82, 2.24) is 9.97 Å². The zero-order valence-electron chi connectivity index (χ0n) is 10.5. The van der Waals surface area contributed by atoms with Gasteiger partial charge >= 0.3 is 0 Å². The van der Waals surface area contributed by atoms with Gasteiger partial charge in [0.15, 0.2) is 0 Å². The Hall–Kier alpha value is -1.36. The summed E-state index contributed by atoms with van der Waals surface area (Å²) in [6, 6.07) is 1.99. The van der Waals surface area contributed by atoms with Gasteiger partial charge in [0.05, 0.1) is 0 Å². The molecular formula is C12H20N4O. The minimum absolute atomic E-state index is 0.360. The third-order valence-electron chi connectivity index (χ3n) is 3.20. The Bertz CT molecular complexity index is 355. The summed E-state index contributed by atoms with van der Waals surface area (Å²) in [5.74, 6) is 1.99. The van der Waals surface area contributed by atoms with Gasteiger partial charge in [-0.05, 0) is 25.7 Å². The summed E-state index contributed by atoms with van der Waals surface area (Å²) in [7, 11) is 1.76. The largest absolute Gasteiger partial charge is 0.384 e. The van der Waals surface area contributed by atoms with Crippen LogP contribution in [0.4, 0.5) is 11.8 Å². The molecule has 0 saturated carbocycles. The standard InChI is InChI=1S/C12H20N4O/c1-9-7-11(15-12(13)14-9)16-5-3-10(4-6-16)8-17-2/h7,10H,3-6,8H2,1-2H3,(H2,13,14,15). The number of aryl methyl sites for hydroxylation is 1. The minimum Gasteiger partial charge on any atom is -0.384 e. The lowest BCUT2D eigenvalue weighted by Crippen LogP contribution is -2.35. The molecule has 1 aliphatic heterocycles. The molecule has 1 fully saturated rings. The van der Waals surface area contributed by atoms with E-state index in [2.05, 4.69) is 14.9 Å². The van der Waals surface area contributed by atoms with Crippen LogP contribution in [-0.2, 0) is 4.74 Å². The Balaban J connectivity index is 2.00. The van der Waals surface area contributed by atoms with E-state index in [1.54, 1.807) is 7.11 Å². The van der Waals surface area contributed by atoms with E-state index in [0.29, 0.717) is 11.9 Å². The van der Waals surface area contributed by atoms with E-state index in [1.807, 2.05) is 13.0 Å². The molecule has 2 N–H and O–H groups in total. The van der Waals surface area contributed by atoms with Crippen LogP contribution in [0.25, 0.3) is 0 Å². The summed E-state index contributed by atoms with van der Waals surface area (Å²) < 4.78 is 5.20. The summed E-state index contributed by atoms with van der Waals surface area (Å²) in [5, 5.41) is 0. The Morgan fingerprint density at radius 3 is 2.71 bits per heavy atom. The zero-order valence-corrected chi connectivity index (χ0v) is 10.5. The van der Waals surface area contributed by atoms with Gasteiger partial charge in [0, 0.05) is 38.6 Å². The third-order valence-corrected chi connectivity index (χ3v) is 3.20. The van der Waals surface area contributed by atoms with E-state index in [1.165, 1.54) is 0 Å². The highest BCUT2D eigenvalue weighted by Crippen LogP contribution is 2.22. The first kappa shape index (κ1) is 12.1. The topological polar surface area (TPSA) is 64.3 Å². The van der Waals surface area contributed by atoms with E-state index in [4.69, 9.17) is 10.5 Å². The fourth-order valence-electron chi connectivity index (χ4n) is 2.30. The van der Waals surface area contributed by atoms with Crippen molar-refractivity contribution in [2.24, 2.45) is 5.92 Å². The fourth-order valence-corrected chi connectivity index (χ4v) is 2.30. The zero-order chi connectivity index (χ0) is 12.3. The van der Waals surface area contributed by atoms with Gasteiger partial charge in [-0.15, -0.1) is 0 Å². The minimum atomic E-state index is 0.360. The predicted molar refractivity (Wildman–Crippen MR) is 68.0 cm³/mol. The van der Waals surface area contributed by atoms with Crippen molar-refractivity contribution in [3.05, 3.63) is 11.8 Å². The Labute approximate surface area is 102 Å². The van der Waals surface area contributed by atoms with Crippen LogP contribution < -0.4 is 10.6 Å². The SMILES string of the molecule is COCC1CCN(c2cc(C)nc(N)n2)CC1. The van der Waals surface area contributed by atoms with Crippen molar-refractivity contribution in [2.75, 3.05) is 37.4 Å². The fraction of sp³-hybridized carbons (Fsp3) is 0.667. The lowest BCUT2D eigenvalue weighted by molar-refractivity contribution is 0.139. The van der Waals surface area contributed by atoms with Crippen LogP contribution in [-0.4, -0.2) is 36.8 Å². The number of aromatic nitrogens is 2. The first-order valence-electron chi connectivity index (χ1n) is 6.04. The molecule has 0 aromatic carbocycles. The molecule has 2 rings (SSSR count). The van der Waals surface area contributed by atoms with Gasteiger partial charge in [0.25, 0.3) is 0 Å². The van der Waals surface area contributed by atoms with Crippen molar-refractivity contribution < 1.29 is 4.74 Å². The number of rotatable bonds is 3.